The van der Waals surface area contributed by atoms with Crippen LogP contribution in [0.1, 0.15) is 40.0 Å². The molecule has 0 aliphatic heterocycles. The van der Waals surface area contributed by atoms with Crippen molar-refractivity contribution in [2.45, 2.75) is 50.2 Å². The third-order valence-electron chi connectivity index (χ3n) is 1.68. The van der Waals surface area contributed by atoms with Gasteiger partial charge < -0.3 is 0 Å². The molecule has 0 amide bonds. The molecule has 0 unspecified atom stereocenters. The maximum absolute atomic E-state index is 2.38. The van der Waals surface area contributed by atoms with E-state index in [2.05, 4.69) is 26.6 Å². The van der Waals surface area contributed by atoms with Crippen molar-refractivity contribution in [1.82, 2.24) is 0 Å². The number of hydrogen-bond acceptors (Lipinski definition) is 0. The molecule has 0 spiro atoms. The van der Waals surface area contributed by atoms with Crippen molar-refractivity contribution < 1.29 is 0 Å². The van der Waals surface area contributed by atoms with E-state index in [0.717, 1.165) is 15.0 Å². The van der Waals surface area contributed by atoms with E-state index in [0.29, 0.717) is 4.31 Å². The molecule has 0 saturated carbocycles. The maximum atomic E-state index is 2.38. The molecule has 0 aliphatic rings. The summed E-state index contributed by atoms with van der Waals surface area (Å²) in [7, 11) is 0. The van der Waals surface area contributed by atoms with E-state index >= 15 is 0 Å². The molecule has 0 rings (SSSR count). The molecular weight excluding hydrogens is 175 g/mol. The summed E-state index contributed by atoms with van der Waals surface area (Å²) in [5.41, 5.74) is 0. The molecule has 0 atom stereocenters. The summed E-state index contributed by atoms with van der Waals surface area (Å²) in [6.07, 6.45) is 4.17. The Kier molecular flexibility index (Phi) is 4.60. The summed E-state index contributed by atoms with van der Waals surface area (Å²) in [5.74, 6) is 2.34. The van der Waals surface area contributed by atoms with Crippen LogP contribution in [0.4, 0.5) is 0 Å². The van der Waals surface area contributed by atoms with Gasteiger partial charge in [-0.05, 0) is 0 Å². The minimum absolute atomic E-state index is 0.656. The summed E-state index contributed by atoms with van der Waals surface area (Å²) in [4.78, 5) is 0. The third kappa shape index (κ3) is 4.99. The Labute approximate surface area is 65.6 Å². The van der Waals surface area contributed by atoms with E-state index in [1.807, 2.05) is 0 Å². The Balaban J connectivity index is 3.33. The van der Waals surface area contributed by atoms with Crippen molar-refractivity contribution >= 4 is 15.0 Å². The second-order valence-corrected chi connectivity index (χ2v) is 6.24. The van der Waals surface area contributed by atoms with E-state index in [-0.39, 0.29) is 0 Å². The van der Waals surface area contributed by atoms with Crippen molar-refractivity contribution in [3.05, 3.63) is 0 Å². The Hall–Kier alpha value is 0.519. The minimum atomic E-state index is 0.656. The van der Waals surface area contributed by atoms with Crippen molar-refractivity contribution in [3.8, 4) is 0 Å². The van der Waals surface area contributed by atoms with Crippen molar-refractivity contribution in [3.63, 3.8) is 0 Å². The summed E-state index contributed by atoms with van der Waals surface area (Å²) < 4.78 is 0.656. The van der Waals surface area contributed by atoms with Crippen molar-refractivity contribution in [2.75, 3.05) is 0 Å². The van der Waals surface area contributed by atoms with E-state index in [4.69, 9.17) is 0 Å². The molecule has 0 aromatic rings. The molecule has 56 valence electrons. The molecule has 0 aliphatic carbocycles. The first kappa shape index (κ1) is 9.52. The van der Waals surface area contributed by atoms with Gasteiger partial charge in [0, 0.05) is 0 Å². The predicted molar refractivity (Wildman–Crippen MR) is 45.2 cm³/mol. The summed E-state index contributed by atoms with van der Waals surface area (Å²) in [6.45, 7) is 7.02. The van der Waals surface area contributed by atoms with Gasteiger partial charge in [-0.2, -0.15) is 0 Å². The van der Waals surface area contributed by atoms with E-state index in [9.17, 15) is 0 Å². The first-order valence-electron chi connectivity index (χ1n) is 3.67. The molecule has 0 bridgehead atoms. The molecule has 0 radical (unpaired) electrons. The van der Waals surface area contributed by atoms with Gasteiger partial charge in [-0.15, -0.1) is 0 Å². The van der Waals surface area contributed by atoms with Crippen LogP contribution in [0.2, 0.25) is 10.1 Å². The fraction of sp³-hybridized carbons (Fsp3) is 1.00. The molecule has 0 aromatic carbocycles. The van der Waals surface area contributed by atoms with Crippen LogP contribution >= 0.6 is 0 Å². The van der Waals surface area contributed by atoms with Gasteiger partial charge in [-0.1, -0.05) is 0 Å². The average Bonchev–Trinajstić information content (AvgIpc) is 1.84. The Morgan fingerprint density at radius 1 is 1.33 bits per heavy atom. The van der Waals surface area contributed by atoms with Gasteiger partial charge in [0.15, 0.2) is 0 Å². The zero-order valence-electron chi connectivity index (χ0n) is 7.03. The van der Waals surface area contributed by atoms with Crippen LogP contribution < -0.4 is 0 Å². The molecular formula is C8H18Se. The van der Waals surface area contributed by atoms with Gasteiger partial charge in [0.1, 0.15) is 0 Å². The van der Waals surface area contributed by atoms with Gasteiger partial charge in [0.05, 0.1) is 0 Å². The quantitative estimate of drug-likeness (QED) is 0.602. The molecule has 0 fully saturated rings. The summed E-state index contributed by atoms with van der Waals surface area (Å²) in [5, 5.41) is 0. The number of hydrogen-bond donors (Lipinski definition) is 0. The van der Waals surface area contributed by atoms with Crippen LogP contribution in [0, 0.1) is 0 Å². The zero-order valence-corrected chi connectivity index (χ0v) is 8.74. The molecule has 0 N–H and O–H groups in total. The fourth-order valence-electron chi connectivity index (χ4n) is 0.705. The zero-order chi connectivity index (χ0) is 7.33. The Morgan fingerprint density at radius 2 is 1.89 bits per heavy atom. The summed E-state index contributed by atoms with van der Waals surface area (Å²) >= 11 is 0.822. The second kappa shape index (κ2) is 4.35. The van der Waals surface area contributed by atoms with E-state index in [1.54, 1.807) is 0 Å². The first-order valence-corrected chi connectivity index (χ1v) is 6.24. The van der Waals surface area contributed by atoms with Gasteiger partial charge >= 0.3 is 65.1 Å². The fourth-order valence-corrected chi connectivity index (χ4v) is 1.44. The predicted octanol–water partition coefficient (Wildman–Crippen LogP) is 3.13. The van der Waals surface area contributed by atoms with Crippen LogP contribution in [0.5, 0.6) is 0 Å². The topological polar surface area (TPSA) is 0 Å². The second-order valence-electron chi connectivity index (χ2n) is 3.07. The monoisotopic (exact) mass is 194 g/mol. The molecule has 0 aromatic heterocycles. The molecule has 0 heterocycles. The number of unbranched alkanes of at least 4 members (excludes halogenated alkanes) is 1. The van der Waals surface area contributed by atoms with Crippen LogP contribution in [-0.4, -0.2) is 15.0 Å². The SMILES string of the molecule is CCCCC(C)(C)[Se]C. The van der Waals surface area contributed by atoms with Crippen LogP contribution in [-0.2, 0) is 0 Å². The van der Waals surface area contributed by atoms with Crippen LogP contribution in [0.3, 0.4) is 0 Å². The third-order valence-corrected chi connectivity index (χ3v) is 4.43. The first-order chi connectivity index (χ1) is 4.12. The van der Waals surface area contributed by atoms with Crippen molar-refractivity contribution in [2.24, 2.45) is 0 Å². The van der Waals surface area contributed by atoms with Gasteiger partial charge in [-0.25, -0.2) is 0 Å². The Bertz CT molecular complexity index is 67.0. The van der Waals surface area contributed by atoms with E-state index in [1.165, 1.54) is 19.3 Å². The van der Waals surface area contributed by atoms with Crippen LogP contribution in [0.25, 0.3) is 0 Å². The molecule has 1 heteroatoms. The van der Waals surface area contributed by atoms with Gasteiger partial charge in [0.25, 0.3) is 0 Å². The van der Waals surface area contributed by atoms with Gasteiger partial charge in [-0.3, -0.25) is 0 Å². The number of rotatable bonds is 4. The van der Waals surface area contributed by atoms with Crippen molar-refractivity contribution in [1.29, 1.82) is 0 Å². The summed E-state index contributed by atoms with van der Waals surface area (Å²) in [6, 6.07) is 0. The molecule has 9 heavy (non-hydrogen) atoms. The van der Waals surface area contributed by atoms with Gasteiger partial charge in [0.2, 0.25) is 0 Å². The molecule has 0 nitrogen and oxygen atoms in total. The van der Waals surface area contributed by atoms with E-state index < -0.39 is 0 Å². The normalized spacial score (nSPS) is 12.0. The Morgan fingerprint density at radius 3 is 2.22 bits per heavy atom. The molecule has 0 saturated heterocycles. The van der Waals surface area contributed by atoms with Crippen LogP contribution in [0.15, 0.2) is 0 Å². The average molecular weight is 193 g/mol. The standard InChI is InChI=1S/C8H18Se/c1-5-6-7-8(2,3)9-4/h5-7H2,1-4H3.